The van der Waals surface area contributed by atoms with Crippen LogP contribution in [0.1, 0.15) is 52.6 Å². The summed E-state index contributed by atoms with van der Waals surface area (Å²) >= 11 is 0. The molecule has 3 rings (SSSR count). The minimum absolute atomic E-state index is 0.0986. The predicted octanol–water partition coefficient (Wildman–Crippen LogP) is 4.56. The van der Waals surface area contributed by atoms with Gasteiger partial charge in [0.05, 0.1) is 0 Å². The Balaban J connectivity index is 1.72. The second-order valence-corrected chi connectivity index (χ2v) is 7.87. The molecule has 5 nitrogen and oxygen atoms in total. The molecule has 1 heterocycles. The molecule has 3 aromatic rings. The molecule has 148 valence electrons. The van der Waals surface area contributed by atoms with Gasteiger partial charge in [0, 0.05) is 35.8 Å². The van der Waals surface area contributed by atoms with Gasteiger partial charge in [-0.25, -0.2) is 0 Å². The van der Waals surface area contributed by atoms with Gasteiger partial charge >= 0.3 is 0 Å². The van der Waals surface area contributed by atoms with E-state index < -0.39 is 0 Å². The Bertz CT molecular complexity index is 1010. The second-order valence-electron chi connectivity index (χ2n) is 7.87. The lowest BCUT2D eigenvalue weighted by Gasteiger charge is -2.23. The molecule has 0 unspecified atom stereocenters. The molecule has 0 aliphatic carbocycles. The highest BCUT2D eigenvalue weighted by Gasteiger charge is 2.19. The first-order chi connectivity index (χ1) is 13.8. The van der Waals surface area contributed by atoms with E-state index in [4.69, 9.17) is 0 Å². The molecule has 0 aliphatic rings. The number of rotatable bonds is 5. The van der Waals surface area contributed by atoms with E-state index in [1.807, 2.05) is 36.4 Å². The van der Waals surface area contributed by atoms with E-state index in [1.165, 1.54) is 0 Å². The third-order valence-corrected chi connectivity index (χ3v) is 4.57. The van der Waals surface area contributed by atoms with Crippen molar-refractivity contribution in [3.63, 3.8) is 0 Å². The molecule has 0 bridgehead atoms. The summed E-state index contributed by atoms with van der Waals surface area (Å²) in [6, 6.07) is 18.2. The molecular weight excluding hydrogens is 362 g/mol. The minimum Gasteiger partial charge on any atom is -0.348 e. The zero-order valence-electron chi connectivity index (χ0n) is 16.9. The Morgan fingerprint density at radius 1 is 0.862 bits per heavy atom. The number of carbonyl (C=O) groups is 2. The number of para-hydroxylation sites is 1. The van der Waals surface area contributed by atoms with Crippen molar-refractivity contribution in [2.24, 2.45) is 0 Å². The van der Waals surface area contributed by atoms with Crippen molar-refractivity contribution in [2.45, 2.75) is 32.7 Å². The van der Waals surface area contributed by atoms with Gasteiger partial charge in [0.2, 0.25) is 0 Å². The fraction of sp³-hybridized carbons (Fsp3) is 0.208. The minimum atomic E-state index is -0.245. The largest absolute Gasteiger partial charge is 0.348 e. The molecule has 1 aromatic heterocycles. The van der Waals surface area contributed by atoms with Gasteiger partial charge in [0.15, 0.2) is 0 Å². The normalized spacial score (nSPS) is 11.0. The average Bonchev–Trinajstić information content (AvgIpc) is 2.72. The summed E-state index contributed by atoms with van der Waals surface area (Å²) in [5.74, 6) is -0.475. The number of aromatic nitrogens is 1. The van der Waals surface area contributed by atoms with Crippen molar-refractivity contribution >= 4 is 17.5 Å². The first-order valence-corrected chi connectivity index (χ1v) is 9.52. The molecule has 0 saturated carbocycles. The van der Waals surface area contributed by atoms with E-state index in [9.17, 15) is 9.59 Å². The third-order valence-electron chi connectivity index (χ3n) is 4.57. The van der Waals surface area contributed by atoms with Gasteiger partial charge in [0.1, 0.15) is 0 Å². The molecule has 2 aromatic carbocycles. The number of nitrogens with zero attached hydrogens (tertiary/aromatic N) is 1. The Morgan fingerprint density at radius 3 is 2.21 bits per heavy atom. The third kappa shape index (κ3) is 5.29. The highest BCUT2D eigenvalue weighted by molar-refractivity contribution is 6.06. The predicted molar refractivity (Wildman–Crippen MR) is 115 cm³/mol. The van der Waals surface area contributed by atoms with E-state index in [2.05, 4.69) is 36.4 Å². The number of benzene rings is 2. The standard InChI is InChI=1S/C24H25N3O2/c1-24(2,3)20-9-4-5-10-21(20)27-23(29)19-8-6-7-18(15-19)22(28)26-16-17-11-13-25-14-12-17/h4-15H,16H2,1-3H3,(H,26,28)(H,27,29). The van der Waals surface area contributed by atoms with E-state index in [-0.39, 0.29) is 17.2 Å². The van der Waals surface area contributed by atoms with Crippen LogP contribution in [0, 0.1) is 0 Å². The Morgan fingerprint density at radius 2 is 1.52 bits per heavy atom. The van der Waals surface area contributed by atoms with Crippen LogP contribution in [-0.2, 0) is 12.0 Å². The second kappa shape index (κ2) is 8.69. The van der Waals surface area contributed by atoms with Gasteiger partial charge in [-0.05, 0) is 52.9 Å². The summed E-state index contributed by atoms with van der Waals surface area (Å²) in [7, 11) is 0. The molecule has 0 aliphatic heterocycles. The highest BCUT2D eigenvalue weighted by Crippen LogP contribution is 2.29. The monoisotopic (exact) mass is 387 g/mol. The number of hydrogen-bond donors (Lipinski definition) is 2. The van der Waals surface area contributed by atoms with Crippen molar-refractivity contribution < 1.29 is 9.59 Å². The van der Waals surface area contributed by atoms with Crippen molar-refractivity contribution in [3.05, 3.63) is 95.3 Å². The summed E-state index contributed by atoms with van der Waals surface area (Å²) in [5.41, 5.74) is 3.57. The maximum atomic E-state index is 12.8. The van der Waals surface area contributed by atoms with Crippen LogP contribution in [0.3, 0.4) is 0 Å². The average molecular weight is 387 g/mol. The quantitative estimate of drug-likeness (QED) is 0.674. The van der Waals surface area contributed by atoms with Gasteiger partial charge in [-0.2, -0.15) is 0 Å². The summed E-state index contributed by atoms with van der Waals surface area (Å²) in [6.07, 6.45) is 3.36. The van der Waals surface area contributed by atoms with Crippen LogP contribution < -0.4 is 10.6 Å². The summed E-state index contributed by atoms with van der Waals surface area (Å²) < 4.78 is 0. The SMILES string of the molecule is CC(C)(C)c1ccccc1NC(=O)c1cccc(C(=O)NCc2ccncc2)c1. The number of pyridine rings is 1. The molecular formula is C24H25N3O2. The zero-order chi connectivity index (χ0) is 20.9. The molecule has 29 heavy (non-hydrogen) atoms. The molecule has 5 heteroatoms. The van der Waals surface area contributed by atoms with Gasteiger partial charge in [-0.3, -0.25) is 14.6 Å². The number of carbonyl (C=O) groups excluding carboxylic acids is 2. The van der Waals surface area contributed by atoms with Gasteiger partial charge in [0.25, 0.3) is 11.8 Å². The van der Waals surface area contributed by atoms with E-state index >= 15 is 0 Å². The first kappa shape index (κ1) is 20.3. The van der Waals surface area contributed by atoms with Crippen LogP contribution in [0.5, 0.6) is 0 Å². The highest BCUT2D eigenvalue weighted by atomic mass is 16.2. The summed E-state index contributed by atoms with van der Waals surface area (Å²) in [6.45, 7) is 6.71. The van der Waals surface area contributed by atoms with Gasteiger partial charge < -0.3 is 10.6 Å². The van der Waals surface area contributed by atoms with E-state index in [1.54, 1.807) is 36.7 Å². The molecule has 0 radical (unpaired) electrons. The van der Waals surface area contributed by atoms with Crippen LogP contribution >= 0.6 is 0 Å². The number of hydrogen-bond acceptors (Lipinski definition) is 3. The maximum absolute atomic E-state index is 12.8. The topological polar surface area (TPSA) is 71.1 Å². The smallest absolute Gasteiger partial charge is 0.255 e. The van der Waals surface area contributed by atoms with Crippen LogP contribution in [0.2, 0.25) is 0 Å². The molecule has 0 spiro atoms. The Hall–Kier alpha value is -3.47. The maximum Gasteiger partial charge on any atom is 0.255 e. The van der Waals surface area contributed by atoms with Crippen molar-refractivity contribution in [3.8, 4) is 0 Å². The van der Waals surface area contributed by atoms with Crippen molar-refractivity contribution in [1.29, 1.82) is 0 Å². The van der Waals surface area contributed by atoms with Gasteiger partial charge in [-0.1, -0.05) is 45.0 Å². The Labute approximate surface area is 171 Å². The lowest BCUT2D eigenvalue weighted by atomic mass is 9.86. The molecule has 0 saturated heterocycles. The Kier molecular flexibility index (Phi) is 6.07. The lowest BCUT2D eigenvalue weighted by Crippen LogP contribution is -2.23. The van der Waals surface area contributed by atoms with E-state index in [0.29, 0.717) is 17.7 Å². The van der Waals surface area contributed by atoms with Crippen LogP contribution in [0.15, 0.2) is 73.1 Å². The number of nitrogens with one attached hydrogen (secondary N) is 2. The number of amides is 2. The van der Waals surface area contributed by atoms with Crippen LogP contribution in [0.25, 0.3) is 0 Å². The fourth-order valence-electron chi connectivity index (χ4n) is 3.03. The van der Waals surface area contributed by atoms with Crippen LogP contribution in [0.4, 0.5) is 5.69 Å². The molecule has 2 N–H and O–H groups in total. The lowest BCUT2D eigenvalue weighted by molar-refractivity contribution is 0.0951. The van der Waals surface area contributed by atoms with Crippen LogP contribution in [-0.4, -0.2) is 16.8 Å². The molecule has 0 atom stereocenters. The summed E-state index contributed by atoms with van der Waals surface area (Å²) in [4.78, 5) is 29.2. The first-order valence-electron chi connectivity index (χ1n) is 9.52. The molecule has 2 amide bonds. The van der Waals surface area contributed by atoms with E-state index in [0.717, 1.165) is 16.8 Å². The van der Waals surface area contributed by atoms with Gasteiger partial charge in [-0.15, -0.1) is 0 Å². The summed E-state index contributed by atoms with van der Waals surface area (Å²) in [5, 5.41) is 5.84. The molecule has 0 fully saturated rings. The van der Waals surface area contributed by atoms with Crippen molar-refractivity contribution in [1.82, 2.24) is 10.3 Å². The zero-order valence-corrected chi connectivity index (χ0v) is 16.9. The number of anilines is 1. The van der Waals surface area contributed by atoms with Crippen molar-refractivity contribution in [2.75, 3.05) is 5.32 Å². The fourth-order valence-corrected chi connectivity index (χ4v) is 3.03.